The van der Waals surface area contributed by atoms with E-state index in [9.17, 15) is 19.5 Å². The fourth-order valence-electron chi connectivity index (χ4n) is 5.56. The first-order chi connectivity index (χ1) is 27.7. The summed E-state index contributed by atoms with van der Waals surface area (Å²) >= 11 is 16.7. The van der Waals surface area contributed by atoms with Crippen LogP contribution in [-0.4, -0.2) is 22.5 Å². The van der Waals surface area contributed by atoms with Crippen LogP contribution in [0.2, 0.25) is 0 Å². The van der Waals surface area contributed by atoms with Gasteiger partial charge < -0.3 is 5.11 Å². The molecule has 0 aromatic rings. The summed E-state index contributed by atoms with van der Waals surface area (Å²) in [6, 6.07) is 0. The van der Waals surface area contributed by atoms with E-state index < -0.39 is 14.8 Å². The van der Waals surface area contributed by atoms with Crippen LogP contribution in [-0.2, 0) is 162 Å². The van der Waals surface area contributed by atoms with Gasteiger partial charge in [-0.25, -0.2) is 0 Å². The second kappa shape index (κ2) is 39.1. The van der Waals surface area contributed by atoms with Crippen molar-refractivity contribution < 1.29 is 42.0 Å². The van der Waals surface area contributed by atoms with Gasteiger partial charge in [0.05, 0.1) is 5.76 Å². The van der Waals surface area contributed by atoms with Gasteiger partial charge in [0.1, 0.15) is 0 Å². The zero-order chi connectivity index (χ0) is 46.1. The first-order valence-electron chi connectivity index (χ1n) is 17.6. The molecule has 5 atom stereocenters. The topological polar surface area (TPSA) is 106 Å². The Morgan fingerprint density at radius 1 is 0.700 bits per heavy atom. The van der Waals surface area contributed by atoms with Crippen molar-refractivity contribution >= 4 is 142 Å². The van der Waals surface area contributed by atoms with Gasteiger partial charge in [-0.05, 0) is 78.1 Å². The van der Waals surface area contributed by atoms with Gasteiger partial charge >= 0.3 is 22.5 Å². The van der Waals surface area contributed by atoms with Crippen LogP contribution in [0, 0.1) is 45.8 Å². The average Bonchev–Trinajstić information content (AvgIpc) is 3.20. The molecule has 0 aliphatic heterocycles. The van der Waals surface area contributed by atoms with Crippen LogP contribution in [0.1, 0.15) is 88.0 Å². The molecule has 0 bridgehead atoms. The molecule has 4 aliphatic rings. The Kier molecular flexibility index (Phi) is 43.2. The monoisotopic (exact) mass is 1110 g/mol. The standard InChI is InChI=1S/C10H16O.2C10H14O.C9H12O.CH4.Mn.2O.S7.S6/c2*1-4-8-7-9(11)5-6-10(8,2)3;1-4-8-6-5-7-9(11)10(8,2)3;1-3-8-5-4-6-9(10)7(8)2;;;;;1-3-5-7-6-4-2;1-3-5-6-4-2/h4-5,8,11H,1,6-7H2,2-3H3;4-6,8H,1,7H2,2-3H3;4-5,7-8H,1,6H2,2-3H3;3-4,6-8H,1,5H2,2H3;1H4;;;;;/t3*8-;7?,8-;;;;;;/m1111....../s1. The summed E-state index contributed by atoms with van der Waals surface area (Å²) in [5.41, 5.74) is 0.139. The second-order valence-electron chi connectivity index (χ2n) is 14.6. The van der Waals surface area contributed by atoms with E-state index in [1.807, 2.05) is 69.4 Å². The van der Waals surface area contributed by atoms with E-state index in [0.717, 1.165) is 25.7 Å². The molecular weight excluding hydrogens is 1050 g/mol. The summed E-state index contributed by atoms with van der Waals surface area (Å²) in [5.74, 6) is 2.72. The van der Waals surface area contributed by atoms with Gasteiger partial charge in [0, 0.05) is 149 Å². The number of ketones is 3. The van der Waals surface area contributed by atoms with E-state index in [0.29, 0.717) is 35.9 Å². The molecule has 0 spiro atoms. The van der Waals surface area contributed by atoms with Crippen LogP contribution in [0.3, 0.4) is 0 Å². The van der Waals surface area contributed by atoms with Gasteiger partial charge in [-0.3, -0.25) is 14.4 Å². The van der Waals surface area contributed by atoms with Crippen LogP contribution in [0.25, 0.3) is 0 Å². The summed E-state index contributed by atoms with van der Waals surface area (Å²) in [4.78, 5) is 33.4. The zero-order valence-corrected chi connectivity index (χ0v) is 46.1. The van der Waals surface area contributed by atoms with E-state index in [2.05, 4.69) is 98.8 Å². The third kappa shape index (κ3) is 30.0. The molecule has 0 aromatic heterocycles. The molecule has 0 saturated carbocycles. The second-order valence-corrected chi connectivity index (χ2v) is 30.7. The average molecular weight is 1110 g/mol. The predicted molar refractivity (Wildman–Crippen MR) is 285 cm³/mol. The van der Waals surface area contributed by atoms with Crippen LogP contribution in [0.4, 0.5) is 0 Å². The summed E-state index contributed by atoms with van der Waals surface area (Å²) < 4.78 is 16.8. The van der Waals surface area contributed by atoms with Crippen molar-refractivity contribution in [3.63, 3.8) is 0 Å². The Morgan fingerprint density at radius 2 is 1.17 bits per heavy atom. The summed E-state index contributed by atoms with van der Waals surface area (Å²) in [5, 5.41) is 9.26. The van der Waals surface area contributed by atoms with E-state index in [4.69, 9.17) is 7.67 Å². The third-order valence-corrected chi connectivity index (χ3v) is 25.3. The number of rotatable bonds is 4. The number of carbonyl (C=O) groups is 3. The number of aliphatic hydroxyl groups excluding tert-OH is 1. The van der Waals surface area contributed by atoms with Crippen LogP contribution in [0.15, 0.2) is 98.9 Å². The van der Waals surface area contributed by atoms with Gasteiger partial charge in [0.15, 0.2) is 17.3 Å². The van der Waals surface area contributed by atoms with Gasteiger partial charge in [-0.15, -0.1) is 26.3 Å². The minimum atomic E-state index is -1.44. The summed E-state index contributed by atoms with van der Waals surface area (Å²) in [6.45, 7) is 29.5. The molecule has 4 aliphatic carbocycles. The predicted octanol–water partition coefficient (Wildman–Crippen LogP) is 10.1. The Morgan fingerprint density at radius 3 is 1.55 bits per heavy atom. The van der Waals surface area contributed by atoms with Crippen molar-refractivity contribution in [3.05, 3.63) is 98.9 Å². The molecule has 0 saturated heterocycles. The quantitative estimate of drug-likeness (QED) is 0.216. The van der Waals surface area contributed by atoms with Crippen molar-refractivity contribution in [1.82, 2.24) is 0 Å². The number of carbonyl (C=O) groups excluding carboxylic acids is 3. The maximum atomic E-state index is 11.4. The van der Waals surface area contributed by atoms with E-state index in [1.165, 1.54) is 53.3 Å². The first kappa shape index (κ1) is 66.3. The minimum absolute atomic E-state index is 0. The number of aliphatic hydroxyl groups is 1. The molecule has 4 rings (SSSR count). The van der Waals surface area contributed by atoms with Crippen molar-refractivity contribution in [2.24, 2.45) is 45.8 Å². The fourth-order valence-corrected chi connectivity index (χ4v) is 19.3. The molecular formula is C40H60MnO6S13. The van der Waals surface area contributed by atoms with Crippen molar-refractivity contribution in [2.45, 2.75) is 88.0 Å². The fraction of sp³-hybridized carbons (Fsp3) is 0.525. The Labute approximate surface area is 412 Å². The van der Waals surface area contributed by atoms with E-state index in [-0.39, 0.29) is 46.9 Å². The van der Waals surface area contributed by atoms with Crippen molar-refractivity contribution in [2.75, 3.05) is 0 Å². The zero-order valence-electron chi connectivity index (χ0n) is 34.3. The molecule has 0 amide bonds. The molecule has 1 N–H and O–H groups in total. The van der Waals surface area contributed by atoms with E-state index >= 15 is 0 Å². The summed E-state index contributed by atoms with van der Waals surface area (Å²) in [6.07, 6.45) is 24.6. The molecule has 0 aromatic carbocycles. The molecule has 0 fully saturated rings. The Bertz CT molecular complexity index is 1960. The van der Waals surface area contributed by atoms with E-state index in [1.54, 1.807) is 44.9 Å². The van der Waals surface area contributed by atoms with Gasteiger partial charge in [0.25, 0.3) is 0 Å². The van der Waals surface area contributed by atoms with Crippen LogP contribution in [0.5, 0.6) is 0 Å². The van der Waals surface area contributed by atoms with Gasteiger partial charge in [-0.1, -0.05) is 98.4 Å². The molecule has 6 nitrogen and oxygen atoms in total. The SMILES string of the molecule is C.C=C[C@@H]1CC(=O)C=CC1(C)C.C=C[C@@H]1CC(O)=CCC1(C)C.C=C[C@@H]1CC=CC(=O)C1(C)C.C=C[C@@H]1CC=CC(=O)C1C.S=S=S=S=S=S.S=S=S=S=S=S=S.[O]=[Mn]=[O]. The molecule has 0 heterocycles. The van der Waals surface area contributed by atoms with Crippen LogP contribution < -0.4 is 0 Å². The van der Waals surface area contributed by atoms with Crippen LogP contribution >= 0.6 is 0 Å². The van der Waals surface area contributed by atoms with Crippen molar-refractivity contribution in [1.29, 1.82) is 0 Å². The molecule has 60 heavy (non-hydrogen) atoms. The maximum absolute atomic E-state index is 11.4. The Balaban J connectivity index is -0.000000312. The van der Waals surface area contributed by atoms with Gasteiger partial charge in [-0.2, -0.15) is 0 Å². The summed E-state index contributed by atoms with van der Waals surface area (Å²) in [7, 11) is 13.0. The molecule has 1 unspecified atom stereocenters. The van der Waals surface area contributed by atoms with Crippen molar-refractivity contribution in [3.8, 4) is 0 Å². The van der Waals surface area contributed by atoms with Gasteiger partial charge in [0.2, 0.25) is 0 Å². The third-order valence-electron chi connectivity index (χ3n) is 9.73. The number of hydrogen-bond acceptors (Lipinski definition) is 10. The molecule has 0 radical (unpaired) electrons. The molecule has 341 valence electrons. The first-order valence-corrected chi connectivity index (χ1v) is 33.3. The number of allylic oxidation sites excluding steroid dienone is 12. The molecule has 20 heteroatoms. The Hall–Kier alpha value is -0.291. The normalized spacial score (nSPS) is 22.8. The number of hydrogen-bond donors (Lipinski definition) is 1.